The maximum absolute atomic E-state index is 12.6. The van der Waals surface area contributed by atoms with Gasteiger partial charge in [0, 0.05) is 11.6 Å². The van der Waals surface area contributed by atoms with Crippen LogP contribution in [0.5, 0.6) is 5.75 Å². The van der Waals surface area contributed by atoms with Crippen LogP contribution >= 0.6 is 0 Å². The Labute approximate surface area is 174 Å². The first-order chi connectivity index (χ1) is 14.8. The first-order valence-electron chi connectivity index (χ1n) is 9.22. The van der Waals surface area contributed by atoms with E-state index in [1.165, 1.54) is 31.2 Å². The molecule has 11 heteroatoms. The van der Waals surface area contributed by atoms with E-state index in [2.05, 4.69) is 10.1 Å². The number of hydrogen-bond donors (Lipinski definition) is 1. The lowest BCUT2D eigenvalue weighted by atomic mass is 10.2. The summed E-state index contributed by atoms with van der Waals surface area (Å²) in [5.41, 5.74) is -1.42. The molecule has 0 aliphatic carbocycles. The van der Waals surface area contributed by atoms with Gasteiger partial charge in [-0.05, 0) is 32.0 Å². The second-order valence-electron chi connectivity index (χ2n) is 6.30. The summed E-state index contributed by atoms with van der Waals surface area (Å²) in [7, 11) is 0. The lowest BCUT2D eigenvalue weighted by Gasteiger charge is -2.15. The number of ether oxygens (including phenoxy) is 2. The Hall–Kier alpha value is -4.28. The minimum atomic E-state index is -1.14. The summed E-state index contributed by atoms with van der Waals surface area (Å²) in [6.07, 6.45) is -0.0639. The zero-order valence-electron chi connectivity index (χ0n) is 16.6. The van der Waals surface area contributed by atoms with Gasteiger partial charge in [-0.1, -0.05) is 18.2 Å². The number of H-pyrrole nitrogens is 1. The molecule has 0 aliphatic heterocycles. The van der Waals surface area contributed by atoms with Crippen molar-refractivity contribution in [3.05, 3.63) is 79.0 Å². The van der Waals surface area contributed by atoms with Gasteiger partial charge in [0.2, 0.25) is 5.75 Å². The molecule has 0 unspecified atom stereocenters. The number of para-hydroxylation sites is 2. The van der Waals surface area contributed by atoms with Gasteiger partial charge < -0.3 is 14.5 Å². The second-order valence-corrected chi connectivity index (χ2v) is 6.30. The quantitative estimate of drug-likeness (QED) is 0.262. The zero-order chi connectivity index (χ0) is 22.5. The number of aromatic amines is 1. The van der Waals surface area contributed by atoms with Crippen LogP contribution in [0, 0.1) is 10.1 Å². The number of aromatic nitrogens is 2. The highest BCUT2D eigenvalue weighted by Gasteiger charge is 2.24. The number of nitrogens with one attached hydrogen (secondary N) is 1. The van der Waals surface area contributed by atoms with E-state index >= 15 is 0 Å². The van der Waals surface area contributed by atoms with E-state index in [1.54, 1.807) is 25.1 Å². The molecule has 0 aliphatic rings. The molecule has 2 aromatic carbocycles. The molecule has 160 valence electrons. The number of fused-ring (bicyclic) bond motifs is 1. The van der Waals surface area contributed by atoms with Crippen LogP contribution < -0.4 is 16.0 Å². The summed E-state index contributed by atoms with van der Waals surface area (Å²) in [5, 5.41) is 15.6. The predicted octanol–water partition coefficient (Wildman–Crippen LogP) is 1.81. The first-order valence-corrected chi connectivity index (χ1v) is 9.22. The lowest BCUT2D eigenvalue weighted by Crippen LogP contribution is -2.32. The first kappa shape index (κ1) is 21.4. The van der Waals surface area contributed by atoms with Crippen LogP contribution in [-0.4, -0.2) is 39.5 Å². The van der Waals surface area contributed by atoms with Gasteiger partial charge in [-0.25, -0.2) is 9.59 Å². The Morgan fingerprint density at radius 2 is 2.00 bits per heavy atom. The van der Waals surface area contributed by atoms with Gasteiger partial charge in [0.1, 0.15) is 0 Å². The Morgan fingerprint density at radius 1 is 1.26 bits per heavy atom. The standard InChI is InChI=1S/C20H18N4O7/c1-3-30-19(26)12(2)31-17-13(7-6-10-16(17)24(28)29)11-21-23-18(25)14-8-4-5-9-15(14)22-20(23)27/h4-12H,3H2,1-2H3,(H,22,27)/t12-/m0/s1. The van der Waals surface area contributed by atoms with Gasteiger partial charge in [0.25, 0.3) is 5.56 Å². The van der Waals surface area contributed by atoms with Crippen molar-refractivity contribution >= 4 is 28.8 Å². The van der Waals surface area contributed by atoms with Crippen LogP contribution in [0.25, 0.3) is 10.9 Å². The smallest absolute Gasteiger partial charge is 0.349 e. The summed E-state index contributed by atoms with van der Waals surface area (Å²) < 4.78 is 10.9. The van der Waals surface area contributed by atoms with Gasteiger partial charge in [-0.2, -0.15) is 5.10 Å². The largest absolute Gasteiger partial charge is 0.471 e. The van der Waals surface area contributed by atoms with E-state index in [-0.39, 0.29) is 23.3 Å². The summed E-state index contributed by atoms with van der Waals surface area (Å²) in [4.78, 5) is 50.0. The van der Waals surface area contributed by atoms with E-state index in [1.807, 2.05) is 0 Å². The third kappa shape index (κ3) is 4.50. The molecule has 0 saturated carbocycles. The number of carbonyl (C=O) groups is 1. The lowest BCUT2D eigenvalue weighted by molar-refractivity contribution is -0.386. The summed E-state index contributed by atoms with van der Waals surface area (Å²) in [6.45, 7) is 3.12. The number of nitro benzene ring substituents is 1. The Bertz CT molecular complexity index is 1290. The maximum atomic E-state index is 12.6. The highest BCUT2D eigenvalue weighted by molar-refractivity contribution is 5.86. The molecule has 0 fully saturated rings. The fraction of sp³-hybridized carbons (Fsp3) is 0.200. The Balaban J connectivity index is 2.07. The third-order valence-electron chi connectivity index (χ3n) is 4.23. The van der Waals surface area contributed by atoms with Crippen LogP contribution in [-0.2, 0) is 9.53 Å². The van der Waals surface area contributed by atoms with Crippen molar-refractivity contribution in [2.75, 3.05) is 6.61 Å². The second kappa shape index (κ2) is 9.03. The highest BCUT2D eigenvalue weighted by Crippen LogP contribution is 2.31. The Morgan fingerprint density at radius 3 is 2.71 bits per heavy atom. The highest BCUT2D eigenvalue weighted by atomic mass is 16.6. The third-order valence-corrected chi connectivity index (χ3v) is 4.23. The molecular weight excluding hydrogens is 408 g/mol. The predicted molar refractivity (Wildman–Crippen MR) is 112 cm³/mol. The molecule has 0 spiro atoms. The summed E-state index contributed by atoms with van der Waals surface area (Å²) in [6, 6.07) is 10.4. The van der Waals surface area contributed by atoms with Gasteiger partial charge in [0.15, 0.2) is 6.10 Å². The topological polar surface area (TPSA) is 146 Å². The van der Waals surface area contributed by atoms with Crippen molar-refractivity contribution in [1.82, 2.24) is 9.66 Å². The van der Waals surface area contributed by atoms with Gasteiger partial charge in [-0.15, -0.1) is 4.68 Å². The molecule has 11 nitrogen and oxygen atoms in total. The van der Waals surface area contributed by atoms with Crippen LogP contribution in [0.4, 0.5) is 5.69 Å². The number of benzene rings is 2. The van der Waals surface area contributed by atoms with Crippen molar-refractivity contribution in [1.29, 1.82) is 0 Å². The fourth-order valence-electron chi connectivity index (χ4n) is 2.78. The van der Waals surface area contributed by atoms with Crippen LogP contribution in [0.15, 0.2) is 57.2 Å². The SMILES string of the molecule is CCOC(=O)[C@H](C)Oc1c(C=Nn2c(=O)[nH]c3ccccc3c2=O)cccc1[N+](=O)[O-]. The molecule has 1 atom stereocenters. The molecule has 1 N–H and O–H groups in total. The molecule has 0 radical (unpaired) electrons. The van der Waals surface area contributed by atoms with E-state index in [0.717, 1.165) is 6.21 Å². The van der Waals surface area contributed by atoms with Gasteiger partial charge in [-0.3, -0.25) is 14.9 Å². The van der Waals surface area contributed by atoms with Gasteiger partial charge in [0.05, 0.1) is 28.6 Å². The van der Waals surface area contributed by atoms with E-state index in [4.69, 9.17) is 9.47 Å². The number of nitro groups is 1. The van der Waals surface area contributed by atoms with Crippen LogP contribution in [0.1, 0.15) is 19.4 Å². The molecule has 3 rings (SSSR count). The minimum Gasteiger partial charge on any atom is -0.471 e. The Kier molecular flexibility index (Phi) is 6.24. The van der Waals surface area contributed by atoms with E-state index in [9.17, 15) is 24.5 Å². The van der Waals surface area contributed by atoms with Crippen LogP contribution in [0.3, 0.4) is 0 Å². The molecule has 3 aromatic rings. The summed E-state index contributed by atoms with van der Waals surface area (Å²) in [5.74, 6) is -0.951. The number of hydrogen-bond acceptors (Lipinski definition) is 8. The molecular formula is C20H18N4O7. The molecule has 0 saturated heterocycles. The average Bonchev–Trinajstić information content (AvgIpc) is 2.74. The minimum absolute atomic E-state index is 0.0878. The number of rotatable bonds is 7. The average molecular weight is 426 g/mol. The van der Waals surface area contributed by atoms with Crippen molar-refractivity contribution in [2.24, 2.45) is 5.10 Å². The van der Waals surface area contributed by atoms with Crippen molar-refractivity contribution in [3.63, 3.8) is 0 Å². The number of esters is 1. The molecule has 31 heavy (non-hydrogen) atoms. The fourth-order valence-corrected chi connectivity index (χ4v) is 2.78. The number of nitrogens with zero attached hydrogens (tertiary/aromatic N) is 3. The van der Waals surface area contributed by atoms with E-state index in [0.29, 0.717) is 10.2 Å². The number of carbonyl (C=O) groups excluding carboxylic acids is 1. The normalized spacial score (nSPS) is 12.1. The van der Waals surface area contributed by atoms with Crippen LogP contribution in [0.2, 0.25) is 0 Å². The van der Waals surface area contributed by atoms with E-state index < -0.39 is 33.9 Å². The maximum Gasteiger partial charge on any atom is 0.349 e. The molecule has 1 aromatic heterocycles. The van der Waals surface area contributed by atoms with Gasteiger partial charge >= 0.3 is 17.3 Å². The summed E-state index contributed by atoms with van der Waals surface area (Å²) >= 11 is 0. The van der Waals surface area contributed by atoms with Crippen molar-refractivity contribution in [3.8, 4) is 5.75 Å². The van der Waals surface area contributed by atoms with Crippen molar-refractivity contribution < 1.29 is 19.2 Å². The molecule has 1 heterocycles. The molecule has 0 bridgehead atoms. The monoisotopic (exact) mass is 426 g/mol. The molecule has 0 amide bonds. The zero-order valence-corrected chi connectivity index (χ0v) is 16.6. The van der Waals surface area contributed by atoms with Crippen molar-refractivity contribution in [2.45, 2.75) is 20.0 Å².